The molecule has 4 heteroatoms. The van der Waals surface area contributed by atoms with Gasteiger partial charge in [0, 0.05) is 29.9 Å². The van der Waals surface area contributed by atoms with Gasteiger partial charge in [-0.15, -0.1) is 0 Å². The average Bonchev–Trinajstić information content (AvgIpc) is 2.90. The summed E-state index contributed by atoms with van der Waals surface area (Å²) in [5.41, 5.74) is 2.49. The van der Waals surface area contributed by atoms with Crippen LogP contribution in [0.15, 0.2) is 30.3 Å². The van der Waals surface area contributed by atoms with Crippen LogP contribution in [0, 0.1) is 5.41 Å². The minimum Gasteiger partial charge on any atom is -0.481 e. The Morgan fingerprint density at radius 3 is 2.86 bits per heavy atom. The van der Waals surface area contributed by atoms with E-state index < -0.39 is 11.4 Å². The number of aromatic nitrogens is 1. The molecule has 1 fully saturated rings. The first kappa shape index (κ1) is 13.9. The van der Waals surface area contributed by atoms with E-state index in [0.717, 1.165) is 35.2 Å². The molecule has 4 nitrogen and oxygen atoms in total. The summed E-state index contributed by atoms with van der Waals surface area (Å²) in [6.45, 7) is 5.26. The molecule has 0 aliphatic carbocycles. The van der Waals surface area contributed by atoms with Crippen molar-refractivity contribution in [2.45, 2.75) is 26.7 Å². The fourth-order valence-corrected chi connectivity index (χ4v) is 2.99. The van der Waals surface area contributed by atoms with Gasteiger partial charge in [0.05, 0.1) is 10.9 Å². The SMILES string of the molecule is CCc1cc(N2CCC(C)(C(=O)O)C2)c2ccccc2n1. The van der Waals surface area contributed by atoms with Gasteiger partial charge in [0.1, 0.15) is 0 Å². The summed E-state index contributed by atoms with van der Waals surface area (Å²) in [6, 6.07) is 10.2. The second-order valence-corrected chi connectivity index (χ2v) is 6.04. The molecule has 1 saturated heterocycles. The number of hydrogen-bond donors (Lipinski definition) is 1. The highest BCUT2D eigenvalue weighted by molar-refractivity contribution is 5.92. The Hall–Kier alpha value is -2.10. The van der Waals surface area contributed by atoms with Crippen molar-refractivity contribution in [3.63, 3.8) is 0 Å². The third kappa shape index (κ3) is 2.35. The first-order chi connectivity index (χ1) is 10.0. The van der Waals surface area contributed by atoms with Crippen molar-refractivity contribution in [2.75, 3.05) is 18.0 Å². The van der Waals surface area contributed by atoms with Crippen molar-refractivity contribution in [1.29, 1.82) is 0 Å². The minimum absolute atomic E-state index is 0.555. The molecular formula is C17H20N2O2. The number of pyridine rings is 1. The Morgan fingerprint density at radius 1 is 1.43 bits per heavy atom. The standard InChI is InChI=1S/C17H20N2O2/c1-3-12-10-15(13-6-4-5-7-14(13)18-12)19-9-8-17(2,11-19)16(20)21/h4-7,10H,3,8-9,11H2,1-2H3,(H,20,21). The van der Waals surface area contributed by atoms with Gasteiger partial charge in [-0.25, -0.2) is 0 Å². The number of rotatable bonds is 3. The fraction of sp³-hybridized carbons (Fsp3) is 0.412. The summed E-state index contributed by atoms with van der Waals surface area (Å²) in [6.07, 6.45) is 1.56. The van der Waals surface area contributed by atoms with Crippen molar-refractivity contribution in [3.05, 3.63) is 36.0 Å². The molecule has 0 saturated carbocycles. The third-order valence-corrected chi connectivity index (χ3v) is 4.44. The molecule has 1 unspecified atom stereocenters. The molecule has 110 valence electrons. The molecule has 1 aliphatic rings. The fourth-order valence-electron chi connectivity index (χ4n) is 2.99. The second kappa shape index (κ2) is 5.02. The zero-order chi connectivity index (χ0) is 15.0. The van der Waals surface area contributed by atoms with E-state index in [1.165, 1.54) is 0 Å². The highest BCUT2D eigenvalue weighted by Crippen LogP contribution is 2.36. The van der Waals surface area contributed by atoms with E-state index in [0.29, 0.717) is 13.0 Å². The lowest BCUT2D eigenvalue weighted by Crippen LogP contribution is -2.31. The van der Waals surface area contributed by atoms with Crippen LogP contribution in [-0.4, -0.2) is 29.1 Å². The van der Waals surface area contributed by atoms with Gasteiger partial charge in [-0.05, 0) is 31.9 Å². The van der Waals surface area contributed by atoms with Crippen molar-refractivity contribution >= 4 is 22.6 Å². The van der Waals surface area contributed by atoms with Crippen LogP contribution in [0.1, 0.15) is 26.0 Å². The lowest BCUT2D eigenvalue weighted by atomic mass is 9.90. The zero-order valence-electron chi connectivity index (χ0n) is 12.5. The van der Waals surface area contributed by atoms with Crippen molar-refractivity contribution in [1.82, 2.24) is 4.98 Å². The van der Waals surface area contributed by atoms with Gasteiger partial charge < -0.3 is 10.0 Å². The van der Waals surface area contributed by atoms with Gasteiger partial charge >= 0.3 is 5.97 Å². The molecule has 0 spiro atoms. The minimum atomic E-state index is -0.709. The van der Waals surface area contributed by atoms with Crippen molar-refractivity contribution < 1.29 is 9.90 Å². The van der Waals surface area contributed by atoms with Gasteiger partial charge in [0.25, 0.3) is 0 Å². The van der Waals surface area contributed by atoms with E-state index in [2.05, 4.69) is 28.9 Å². The van der Waals surface area contributed by atoms with Crippen molar-refractivity contribution in [2.24, 2.45) is 5.41 Å². The molecule has 1 N–H and O–H groups in total. The lowest BCUT2D eigenvalue weighted by molar-refractivity contribution is -0.146. The molecule has 21 heavy (non-hydrogen) atoms. The summed E-state index contributed by atoms with van der Waals surface area (Å²) in [4.78, 5) is 18.3. The topological polar surface area (TPSA) is 53.4 Å². The van der Waals surface area contributed by atoms with Crippen LogP contribution < -0.4 is 4.90 Å². The molecule has 1 aromatic carbocycles. The number of carbonyl (C=O) groups is 1. The number of nitrogens with zero attached hydrogens (tertiary/aromatic N) is 2. The Morgan fingerprint density at radius 2 is 2.19 bits per heavy atom. The smallest absolute Gasteiger partial charge is 0.311 e. The van der Waals surface area contributed by atoms with Gasteiger partial charge in [-0.2, -0.15) is 0 Å². The maximum Gasteiger partial charge on any atom is 0.311 e. The van der Waals surface area contributed by atoms with Crippen LogP contribution in [0.4, 0.5) is 5.69 Å². The molecule has 3 rings (SSSR count). The number of anilines is 1. The first-order valence-electron chi connectivity index (χ1n) is 7.40. The largest absolute Gasteiger partial charge is 0.481 e. The van der Waals surface area contributed by atoms with E-state index in [9.17, 15) is 9.90 Å². The Kier molecular flexibility index (Phi) is 3.32. The van der Waals surface area contributed by atoms with Crippen LogP contribution >= 0.6 is 0 Å². The summed E-state index contributed by atoms with van der Waals surface area (Å²) >= 11 is 0. The number of carboxylic acids is 1. The predicted molar refractivity (Wildman–Crippen MR) is 83.7 cm³/mol. The maximum atomic E-state index is 11.4. The highest BCUT2D eigenvalue weighted by atomic mass is 16.4. The molecule has 0 bridgehead atoms. The summed E-state index contributed by atoms with van der Waals surface area (Å²) in [7, 11) is 0. The highest BCUT2D eigenvalue weighted by Gasteiger charge is 2.40. The number of fused-ring (bicyclic) bond motifs is 1. The van der Waals surface area contributed by atoms with Gasteiger partial charge in [-0.3, -0.25) is 9.78 Å². The molecule has 1 aromatic heterocycles. The normalized spacial score (nSPS) is 21.9. The maximum absolute atomic E-state index is 11.4. The van der Waals surface area contributed by atoms with Crippen LogP contribution in [-0.2, 0) is 11.2 Å². The summed E-state index contributed by atoms with van der Waals surface area (Å²) in [5, 5.41) is 10.5. The van der Waals surface area contributed by atoms with Crippen LogP contribution in [0.5, 0.6) is 0 Å². The summed E-state index contributed by atoms with van der Waals surface area (Å²) < 4.78 is 0. The monoisotopic (exact) mass is 284 g/mol. The lowest BCUT2D eigenvalue weighted by Gasteiger charge is -2.23. The molecule has 0 radical (unpaired) electrons. The Balaban J connectivity index is 2.06. The van der Waals surface area contributed by atoms with Crippen LogP contribution in [0.2, 0.25) is 0 Å². The number of hydrogen-bond acceptors (Lipinski definition) is 3. The second-order valence-electron chi connectivity index (χ2n) is 6.04. The zero-order valence-corrected chi connectivity index (χ0v) is 12.5. The third-order valence-electron chi connectivity index (χ3n) is 4.44. The van der Waals surface area contributed by atoms with E-state index in [4.69, 9.17) is 0 Å². The average molecular weight is 284 g/mol. The molecule has 2 aromatic rings. The molecule has 1 atom stereocenters. The first-order valence-corrected chi connectivity index (χ1v) is 7.40. The van der Waals surface area contributed by atoms with Gasteiger partial charge in [-0.1, -0.05) is 25.1 Å². The Labute approximate surface area is 124 Å². The number of para-hydroxylation sites is 1. The van der Waals surface area contributed by atoms with Crippen LogP contribution in [0.25, 0.3) is 10.9 Å². The van der Waals surface area contributed by atoms with E-state index >= 15 is 0 Å². The molecule has 0 amide bonds. The Bertz CT molecular complexity index is 698. The number of carboxylic acid groups (broad SMARTS) is 1. The van der Waals surface area contributed by atoms with Gasteiger partial charge in [0.2, 0.25) is 0 Å². The van der Waals surface area contributed by atoms with Crippen LogP contribution in [0.3, 0.4) is 0 Å². The molecule has 1 aliphatic heterocycles. The summed E-state index contributed by atoms with van der Waals surface area (Å²) in [5.74, 6) is -0.709. The van der Waals surface area contributed by atoms with Crippen molar-refractivity contribution in [3.8, 4) is 0 Å². The van der Waals surface area contributed by atoms with Gasteiger partial charge in [0.15, 0.2) is 0 Å². The van der Waals surface area contributed by atoms with E-state index in [1.54, 1.807) is 0 Å². The quantitative estimate of drug-likeness (QED) is 0.941. The molecule has 2 heterocycles. The molecular weight excluding hydrogens is 264 g/mol. The predicted octanol–water partition coefficient (Wildman–Crippen LogP) is 3.10. The van der Waals surface area contributed by atoms with E-state index in [1.807, 2.05) is 25.1 Å². The number of aryl methyl sites for hydroxylation is 1. The van der Waals surface area contributed by atoms with E-state index in [-0.39, 0.29) is 0 Å². The number of benzene rings is 1. The number of aliphatic carboxylic acids is 1.